The summed E-state index contributed by atoms with van der Waals surface area (Å²) in [4.78, 5) is 24.6. The van der Waals surface area contributed by atoms with Crippen molar-refractivity contribution >= 4 is 11.9 Å². The van der Waals surface area contributed by atoms with Gasteiger partial charge in [0.1, 0.15) is 0 Å². The van der Waals surface area contributed by atoms with Gasteiger partial charge in [0.2, 0.25) is 5.91 Å². The Hall–Kier alpha value is -1.92. The zero-order chi connectivity index (χ0) is 65.6. The Balaban J connectivity index is 3.29. The molecule has 0 radical (unpaired) electrons. The van der Waals surface area contributed by atoms with Crippen LogP contribution in [0, 0.1) is 0 Å². The summed E-state index contributed by atoms with van der Waals surface area (Å²) >= 11 is 0. The van der Waals surface area contributed by atoms with Crippen molar-refractivity contribution in [3.8, 4) is 0 Å². The van der Waals surface area contributed by atoms with Gasteiger partial charge in [-0.2, -0.15) is 0 Å². The number of ether oxygens (including phenoxy) is 1. The summed E-state index contributed by atoms with van der Waals surface area (Å²) < 4.78 is 5.52. The third-order valence-corrected chi connectivity index (χ3v) is 19.7. The van der Waals surface area contributed by atoms with Crippen molar-refractivity contribution < 1.29 is 24.5 Å². The molecule has 0 spiro atoms. The fourth-order valence-corrected chi connectivity index (χ4v) is 13.3. The molecule has 1 amide bonds. The van der Waals surface area contributed by atoms with Crippen molar-refractivity contribution in [3.63, 3.8) is 0 Å². The molecule has 2 unspecified atom stereocenters. The van der Waals surface area contributed by atoms with E-state index in [2.05, 4.69) is 43.5 Å². The maximum absolute atomic E-state index is 12.5. The molecule has 0 aliphatic heterocycles. The molecule has 3 N–H and O–H groups in total. The predicted molar refractivity (Wildman–Crippen MR) is 403 cm³/mol. The second-order valence-corrected chi connectivity index (χ2v) is 28.8. The Kier molecular flexibility index (Phi) is 78.8. The van der Waals surface area contributed by atoms with Gasteiger partial charge in [-0.3, -0.25) is 9.59 Å². The summed E-state index contributed by atoms with van der Waals surface area (Å²) in [7, 11) is 0. The van der Waals surface area contributed by atoms with Crippen LogP contribution in [-0.4, -0.2) is 47.4 Å². The van der Waals surface area contributed by atoms with Gasteiger partial charge < -0.3 is 20.3 Å². The van der Waals surface area contributed by atoms with Gasteiger partial charge in [0.25, 0.3) is 0 Å². The van der Waals surface area contributed by atoms with E-state index in [1.165, 1.54) is 398 Å². The van der Waals surface area contributed by atoms with Crippen LogP contribution >= 0.6 is 0 Å². The van der Waals surface area contributed by atoms with E-state index in [0.717, 1.165) is 44.9 Å². The minimum absolute atomic E-state index is 0.0208. The standard InChI is InChI=1S/C85H163NO5/c1-3-5-7-9-11-13-15-17-19-21-43-47-51-55-59-63-67-71-75-79-85(90)91-80-76-72-68-64-60-56-52-48-45-42-40-38-36-34-32-30-28-26-24-22-23-25-27-29-31-33-35-37-39-41-44-46-50-54-58-62-66-70-74-78-84(89)86-82(81-87)83(88)77-73-69-65-61-57-53-49-20-18-16-14-12-10-8-6-4-2/h11,13,17,19,73,77,82-83,87-88H,3-10,12,14-16,18,20-72,74-76,78-81H2,1-2H3,(H,86,89)/b13-11-,19-17-,77-73+. The fraction of sp³-hybridized carbons (Fsp3) is 0.906. The molecule has 538 valence electrons. The van der Waals surface area contributed by atoms with Crippen molar-refractivity contribution in [2.24, 2.45) is 0 Å². The number of aliphatic hydroxyl groups is 2. The zero-order valence-electron chi connectivity index (χ0n) is 61.9. The quantitative estimate of drug-likeness (QED) is 0.0320. The Morgan fingerprint density at radius 1 is 0.308 bits per heavy atom. The molecule has 0 aliphatic carbocycles. The zero-order valence-corrected chi connectivity index (χ0v) is 61.9. The van der Waals surface area contributed by atoms with Crippen LogP contribution in [0.25, 0.3) is 0 Å². The van der Waals surface area contributed by atoms with Crippen molar-refractivity contribution in [1.29, 1.82) is 0 Å². The van der Waals surface area contributed by atoms with E-state index < -0.39 is 12.1 Å². The summed E-state index contributed by atoms with van der Waals surface area (Å²) in [5, 5.41) is 23.2. The third-order valence-electron chi connectivity index (χ3n) is 19.7. The average Bonchev–Trinajstić information content (AvgIpc) is 3.67. The van der Waals surface area contributed by atoms with Gasteiger partial charge in [0, 0.05) is 12.8 Å². The van der Waals surface area contributed by atoms with Crippen molar-refractivity contribution in [2.45, 2.75) is 482 Å². The third kappa shape index (κ3) is 77.0. The number of aliphatic hydroxyl groups excluding tert-OH is 2. The SMILES string of the molecule is CCCCC/C=C\C/C=C\CCCCCCCCCCCC(=O)OCCCCCCCCCCCCCCCCCCCCCCCCCCCCCCCCCCCCCCCCCC(=O)NC(CO)C(O)/C=C/CCCCCCCCCCCCCCCC. The molecule has 0 aromatic carbocycles. The van der Waals surface area contributed by atoms with Crippen LogP contribution in [0.5, 0.6) is 0 Å². The minimum Gasteiger partial charge on any atom is -0.466 e. The Morgan fingerprint density at radius 3 is 0.857 bits per heavy atom. The second-order valence-electron chi connectivity index (χ2n) is 28.8. The number of esters is 1. The first-order valence-electron chi connectivity index (χ1n) is 41.8. The monoisotopic (exact) mass is 1280 g/mol. The number of carbonyl (C=O) groups is 2. The van der Waals surface area contributed by atoms with Crippen molar-refractivity contribution in [2.75, 3.05) is 13.2 Å². The largest absolute Gasteiger partial charge is 0.466 e. The molecule has 6 nitrogen and oxygen atoms in total. The van der Waals surface area contributed by atoms with Crippen LogP contribution < -0.4 is 5.32 Å². The lowest BCUT2D eigenvalue weighted by atomic mass is 10.0. The molecule has 6 heteroatoms. The number of hydrogen-bond acceptors (Lipinski definition) is 5. The van der Waals surface area contributed by atoms with Crippen LogP contribution in [0.1, 0.15) is 470 Å². The summed E-state index contributed by atoms with van der Waals surface area (Å²) in [6.07, 6.45) is 106. The lowest BCUT2D eigenvalue weighted by Crippen LogP contribution is -2.45. The summed E-state index contributed by atoms with van der Waals surface area (Å²) in [5.74, 6) is -0.0375. The van der Waals surface area contributed by atoms with Gasteiger partial charge in [0.05, 0.1) is 25.4 Å². The number of allylic oxidation sites excluding steroid dienone is 5. The minimum atomic E-state index is -0.840. The van der Waals surface area contributed by atoms with Crippen LogP contribution in [0.15, 0.2) is 36.5 Å². The van der Waals surface area contributed by atoms with Crippen LogP contribution in [0.2, 0.25) is 0 Å². The number of nitrogens with one attached hydrogen (secondary N) is 1. The number of unbranched alkanes of at least 4 members (excludes halogenated alkanes) is 64. The molecule has 0 bridgehead atoms. The van der Waals surface area contributed by atoms with Gasteiger partial charge in [0.15, 0.2) is 0 Å². The Labute approximate surface area is 570 Å². The molecule has 0 saturated carbocycles. The first kappa shape index (κ1) is 89.1. The van der Waals surface area contributed by atoms with Crippen molar-refractivity contribution in [1.82, 2.24) is 5.32 Å². The van der Waals surface area contributed by atoms with E-state index in [4.69, 9.17) is 4.74 Å². The first-order chi connectivity index (χ1) is 45.0. The molecule has 0 aromatic rings. The van der Waals surface area contributed by atoms with Gasteiger partial charge >= 0.3 is 5.97 Å². The molecule has 0 saturated heterocycles. The van der Waals surface area contributed by atoms with E-state index in [0.29, 0.717) is 19.4 Å². The molecule has 0 heterocycles. The topological polar surface area (TPSA) is 95.9 Å². The van der Waals surface area contributed by atoms with E-state index >= 15 is 0 Å². The smallest absolute Gasteiger partial charge is 0.305 e. The van der Waals surface area contributed by atoms with Crippen LogP contribution in [0.3, 0.4) is 0 Å². The second kappa shape index (κ2) is 80.5. The number of amides is 1. The van der Waals surface area contributed by atoms with E-state index in [-0.39, 0.29) is 18.5 Å². The summed E-state index contributed by atoms with van der Waals surface area (Å²) in [5.41, 5.74) is 0. The van der Waals surface area contributed by atoms with Gasteiger partial charge in [-0.1, -0.05) is 429 Å². The number of hydrogen-bond donors (Lipinski definition) is 3. The van der Waals surface area contributed by atoms with E-state index in [1.54, 1.807) is 6.08 Å². The highest BCUT2D eigenvalue weighted by atomic mass is 16.5. The lowest BCUT2D eigenvalue weighted by molar-refractivity contribution is -0.143. The first-order valence-corrected chi connectivity index (χ1v) is 41.8. The van der Waals surface area contributed by atoms with Gasteiger partial charge in [-0.25, -0.2) is 0 Å². The summed E-state index contributed by atoms with van der Waals surface area (Å²) in [6.45, 7) is 4.93. The molecule has 2 atom stereocenters. The molecule has 0 aromatic heterocycles. The predicted octanol–water partition coefficient (Wildman–Crippen LogP) is 27.8. The molecular formula is C85H163NO5. The van der Waals surface area contributed by atoms with E-state index in [1.807, 2.05) is 6.08 Å². The highest BCUT2D eigenvalue weighted by Crippen LogP contribution is 2.20. The Morgan fingerprint density at radius 2 is 0.549 bits per heavy atom. The number of carbonyl (C=O) groups excluding carboxylic acids is 2. The van der Waals surface area contributed by atoms with Crippen molar-refractivity contribution in [3.05, 3.63) is 36.5 Å². The van der Waals surface area contributed by atoms with E-state index in [9.17, 15) is 19.8 Å². The molecule has 0 aliphatic rings. The molecule has 0 rings (SSSR count). The molecule has 91 heavy (non-hydrogen) atoms. The van der Waals surface area contributed by atoms with Gasteiger partial charge in [-0.05, 0) is 64.2 Å². The average molecular weight is 1280 g/mol. The Bertz CT molecular complexity index is 1470. The highest BCUT2D eigenvalue weighted by Gasteiger charge is 2.18. The van der Waals surface area contributed by atoms with Gasteiger partial charge in [-0.15, -0.1) is 0 Å². The summed E-state index contributed by atoms with van der Waals surface area (Å²) in [6, 6.07) is -0.623. The van der Waals surface area contributed by atoms with Crippen LogP contribution in [-0.2, 0) is 14.3 Å². The molecular weight excluding hydrogens is 1110 g/mol. The molecule has 0 fully saturated rings. The highest BCUT2D eigenvalue weighted by molar-refractivity contribution is 5.76. The van der Waals surface area contributed by atoms with Crippen LogP contribution in [0.4, 0.5) is 0 Å². The number of rotatable bonds is 79. The maximum atomic E-state index is 12.5. The fourth-order valence-electron chi connectivity index (χ4n) is 13.3. The normalized spacial score (nSPS) is 12.6. The maximum Gasteiger partial charge on any atom is 0.305 e. The lowest BCUT2D eigenvalue weighted by Gasteiger charge is -2.20.